The van der Waals surface area contributed by atoms with Gasteiger partial charge in [-0.1, -0.05) is 81.1 Å². The Balaban J connectivity index is 0.960. The molecule has 3 nitrogen and oxygen atoms in total. The Kier molecular flexibility index (Phi) is 11.2. The smallest absolute Gasteiger partial charge is 0.106 e. The van der Waals surface area contributed by atoms with Gasteiger partial charge in [0.25, 0.3) is 0 Å². The van der Waals surface area contributed by atoms with Gasteiger partial charge in [-0.25, -0.2) is 0 Å². The van der Waals surface area contributed by atoms with Crippen molar-refractivity contribution >= 4 is 0 Å². The van der Waals surface area contributed by atoms with Gasteiger partial charge in [-0.3, -0.25) is 0 Å². The second-order valence-electron chi connectivity index (χ2n) is 23.8. The van der Waals surface area contributed by atoms with Crippen LogP contribution in [0.15, 0.2) is 0 Å². The minimum absolute atomic E-state index is 0.107. The summed E-state index contributed by atoms with van der Waals surface area (Å²) < 4.78 is 0. The zero-order valence-electron chi connectivity index (χ0n) is 36.8. The van der Waals surface area contributed by atoms with Crippen LogP contribution in [0.5, 0.6) is 0 Å². The first-order valence-electron chi connectivity index (χ1n) is 24.7. The molecule has 0 radical (unpaired) electrons. The molecule has 0 spiro atoms. The highest BCUT2D eigenvalue weighted by Gasteiger charge is 2.65. The van der Waals surface area contributed by atoms with Crippen LogP contribution in [0.2, 0.25) is 0 Å². The minimum atomic E-state index is -1.16. The van der Waals surface area contributed by atoms with Crippen LogP contribution in [-0.2, 0) is 0 Å². The quantitative estimate of drug-likeness (QED) is 0.208. The molecule has 0 aromatic rings. The van der Waals surface area contributed by atoms with Crippen molar-refractivity contribution in [1.82, 2.24) is 0 Å². The molecule has 8 aliphatic rings. The Hall–Kier alpha value is -0.120. The van der Waals surface area contributed by atoms with Gasteiger partial charge in [0.15, 0.2) is 0 Å². The van der Waals surface area contributed by atoms with Crippen LogP contribution in [0.4, 0.5) is 0 Å². The third-order valence-corrected chi connectivity index (χ3v) is 22.4. The highest BCUT2D eigenvalue weighted by atomic mass is 16.4. The molecule has 8 saturated carbocycles. The van der Waals surface area contributed by atoms with Crippen molar-refractivity contribution in [3.05, 3.63) is 0 Å². The van der Waals surface area contributed by atoms with Crippen LogP contribution in [0.1, 0.15) is 197 Å². The first-order valence-corrected chi connectivity index (χ1v) is 24.7. The second kappa shape index (κ2) is 14.9. The average Bonchev–Trinajstić information content (AvgIpc) is 3.70. The maximum Gasteiger partial charge on any atom is 0.106 e. The van der Waals surface area contributed by atoms with E-state index in [0.717, 1.165) is 84.9 Å². The molecule has 8 aliphatic carbocycles. The number of aliphatic hydroxyl groups is 3. The zero-order chi connectivity index (χ0) is 38.4. The van der Waals surface area contributed by atoms with E-state index in [4.69, 9.17) is 0 Å². The van der Waals surface area contributed by atoms with E-state index in [0.29, 0.717) is 33.5 Å². The Morgan fingerprint density at radius 3 is 1.31 bits per heavy atom. The van der Waals surface area contributed by atoms with Crippen molar-refractivity contribution in [2.24, 2.45) is 105 Å². The molecule has 3 heteroatoms. The summed E-state index contributed by atoms with van der Waals surface area (Å²) in [4.78, 5) is 0. The Morgan fingerprint density at radius 1 is 0.537 bits per heavy atom. The van der Waals surface area contributed by atoms with Gasteiger partial charge in [0.1, 0.15) is 6.10 Å². The zero-order valence-corrected chi connectivity index (χ0v) is 36.8. The van der Waals surface area contributed by atoms with E-state index in [9.17, 15) is 15.3 Å². The molecule has 0 aromatic carbocycles. The van der Waals surface area contributed by atoms with Gasteiger partial charge < -0.3 is 15.3 Å². The van der Waals surface area contributed by atoms with Crippen LogP contribution in [-0.4, -0.2) is 33.6 Å². The van der Waals surface area contributed by atoms with Crippen LogP contribution in [0.25, 0.3) is 0 Å². The summed E-state index contributed by atoms with van der Waals surface area (Å²) in [7, 11) is 0. The molecule has 0 aliphatic heterocycles. The van der Waals surface area contributed by atoms with Gasteiger partial charge in [-0.05, 0) is 220 Å². The fourth-order valence-electron chi connectivity index (χ4n) is 19.6. The highest BCUT2D eigenvalue weighted by Crippen LogP contribution is 2.72. The third-order valence-electron chi connectivity index (χ3n) is 22.4. The van der Waals surface area contributed by atoms with E-state index in [2.05, 4.69) is 55.4 Å². The Bertz CT molecular complexity index is 1220. The normalized spacial score (nSPS) is 52.7. The lowest BCUT2D eigenvalue weighted by Gasteiger charge is -2.64. The predicted molar refractivity (Wildman–Crippen MR) is 224 cm³/mol. The number of rotatable bonds is 10. The summed E-state index contributed by atoms with van der Waals surface area (Å²) in [6.07, 6.45) is 27.9. The van der Waals surface area contributed by atoms with Crippen molar-refractivity contribution < 1.29 is 15.3 Å². The topological polar surface area (TPSA) is 60.7 Å². The van der Waals surface area contributed by atoms with Gasteiger partial charge in [0.2, 0.25) is 0 Å². The molecule has 54 heavy (non-hydrogen) atoms. The summed E-state index contributed by atoms with van der Waals surface area (Å²) in [6.45, 7) is 20.4. The number of fused-ring (bicyclic) bond motifs is 10. The van der Waals surface area contributed by atoms with Crippen molar-refractivity contribution in [2.45, 2.75) is 208 Å². The van der Waals surface area contributed by atoms with E-state index in [-0.39, 0.29) is 18.4 Å². The van der Waals surface area contributed by atoms with Gasteiger partial charge in [-0.15, -0.1) is 0 Å². The van der Waals surface area contributed by atoms with Crippen molar-refractivity contribution in [1.29, 1.82) is 0 Å². The van der Waals surface area contributed by atoms with Crippen LogP contribution < -0.4 is 0 Å². The molecule has 0 heterocycles. The molecule has 19 atom stereocenters. The van der Waals surface area contributed by atoms with Gasteiger partial charge in [0, 0.05) is 0 Å². The Morgan fingerprint density at radius 2 is 0.926 bits per heavy atom. The van der Waals surface area contributed by atoms with E-state index in [1.54, 1.807) is 0 Å². The lowest BCUT2D eigenvalue weighted by molar-refractivity contribution is -0.214. The fraction of sp³-hybridized carbons (Fsp3) is 1.00. The standard InChI is InChI=1S/C51H88O3/c1-9-11-32(3)40-17-19-42-38-15-13-34-29-36(21-25-47(34,5)44(38)23-27-49(40,42)7)51(54,46(53)31-52)37-22-26-48(6)35(30-37)14-16-39-43-20-18-41(33(4)12-10-2)50(43,8)28-24-45(39)48/h32-46,52-54H,9-31H2,1-8H3/t32-,33-,34?,35?,36?,37?,38?,39?,40-,41-,42?,43?,44?,45?,46?,47+,48+,49-,50-,51?/m1/s1. The Labute approximate surface area is 333 Å². The molecule has 0 bridgehead atoms. The molecule has 8 fully saturated rings. The minimum Gasteiger partial charge on any atom is -0.394 e. The van der Waals surface area contributed by atoms with Crippen molar-refractivity contribution in [2.75, 3.05) is 6.61 Å². The number of aliphatic hydroxyl groups excluding tert-OH is 2. The summed E-state index contributed by atoms with van der Waals surface area (Å²) in [5.74, 6) is 10.3. The fourth-order valence-corrected chi connectivity index (χ4v) is 19.6. The average molecular weight is 749 g/mol. The lowest BCUT2D eigenvalue weighted by atomic mass is 9.41. The van der Waals surface area contributed by atoms with Gasteiger partial charge in [0.05, 0.1) is 12.2 Å². The van der Waals surface area contributed by atoms with Crippen molar-refractivity contribution in [3.8, 4) is 0 Å². The summed E-state index contributed by atoms with van der Waals surface area (Å²) in [6, 6.07) is 0. The molecule has 8 rings (SSSR count). The van der Waals surface area contributed by atoms with E-state index in [1.165, 1.54) is 116 Å². The van der Waals surface area contributed by atoms with Gasteiger partial charge >= 0.3 is 0 Å². The number of hydrogen-bond donors (Lipinski definition) is 3. The second-order valence-corrected chi connectivity index (χ2v) is 23.8. The largest absolute Gasteiger partial charge is 0.394 e. The monoisotopic (exact) mass is 749 g/mol. The molecule has 0 saturated heterocycles. The predicted octanol–water partition coefficient (Wildman–Crippen LogP) is 12.5. The molecule has 0 aromatic heterocycles. The molecule has 3 N–H and O–H groups in total. The van der Waals surface area contributed by atoms with E-state index in [1.807, 2.05) is 0 Å². The summed E-state index contributed by atoms with van der Waals surface area (Å²) in [5.41, 5.74) is 0.654. The molecule has 11 unspecified atom stereocenters. The first kappa shape index (κ1) is 40.7. The van der Waals surface area contributed by atoms with Crippen LogP contribution in [0, 0.1) is 105 Å². The molecular formula is C51H88O3. The highest BCUT2D eigenvalue weighted by molar-refractivity contribution is 5.14. The van der Waals surface area contributed by atoms with Crippen LogP contribution in [0.3, 0.4) is 0 Å². The summed E-state index contributed by atoms with van der Waals surface area (Å²) in [5, 5.41) is 35.5. The lowest BCUT2D eigenvalue weighted by Crippen LogP contribution is -2.62. The maximum absolute atomic E-state index is 13.1. The molecular weight excluding hydrogens is 661 g/mol. The molecule has 310 valence electrons. The maximum atomic E-state index is 13.1. The van der Waals surface area contributed by atoms with Gasteiger partial charge in [-0.2, -0.15) is 0 Å². The summed E-state index contributed by atoms with van der Waals surface area (Å²) >= 11 is 0. The van der Waals surface area contributed by atoms with E-state index >= 15 is 0 Å². The molecule has 0 amide bonds. The SMILES string of the molecule is CCC[C@@H](C)[C@H]1CCC2C3CCC4CC(C(O)(C(O)CO)C5CC[C@@]6(C)C(CCC7C6CC[C@@]6(C)C7CC[C@@H]6[C@H](C)CCC)C5)CC[C@]4(C)C3CC[C@@]21C. The van der Waals surface area contributed by atoms with Crippen molar-refractivity contribution in [3.63, 3.8) is 0 Å². The van der Waals surface area contributed by atoms with Crippen LogP contribution >= 0.6 is 0 Å². The number of hydrogen-bond acceptors (Lipinski definition) is 3. The van der Waals surface area contributed by atoms with E-state index < -0.39 is 11.7 Å². The third kappa shape index (κ3) is 5.98. The first-order chi connectivity index (χ1) is 25.7.